The topological polar surface area (TPSA) is 110 Å². The second-order valence-electron chi connectivity index (χ2n) is 6.53. The average Bonchev–Trinajstić information content (AvgIpc) is 2.78. The number of nitrogens with one attached hydrogen (secondary N) is 2. The first-order valence-electron chi connectivity index (χ1n) is 9.18. The number of pyridine rings is 2. The molecule has 4 aromatic rings. The molecule has 0 radical (unpaired) electrons. The number of hydrogen-bond donors (Lipinski definition) is 2. The van der Waals surface area contributed by atoms with Crippen molar-refractivity contribution in [3.63, 3.8) is 0 Å². The monoisotopic (exact) mass is 399 g/mol. The quantitative estimate of drug-likeness (QED) is 0.367. The molecule has 2 N–H and O–H groups in total. The second-order valence-corrected chi connectivity index (χ2v) is 6.53. The molecule has 2 heterocycles. The fraction of sp³-hybridized carbons (Fsp3) is 0.0455. The summed E-state index contributed by atoms with van der Waals surface area (Å²) in [5.74, 6) is -0.224. The number of rotatable bonds is 6. The van der Waals surface area contributed by atoms with E-state index in [1.54, 1.807) is 67.1 Å². The Kier molecular flexibility index (Phi) is 5.29. The highest BCUT2D eigenvalue weighted by Gasteiger charge is 2.18. The molecule has 0 fully saturated rings. The van der Waals surface area contributed by atoms with Gasteiger partial charge < -0.3 is 10.6 Å². The van der Waals surface area contributed by atoms with Crippen molar-refractivity contribution in [3.05, 3.63) is 100 Å². The lowest BCUT2D eigenvalue weighted by Crippen LogP contribution is -2.12. The third kappa shape index (κ3) is 4.07. The van der Waals surface area contributed by atoms with E-state index in [-0.39, 0.29) is 11.6 Å². The Balaban J connectivity index is 1.47. The van der Waals surface area contributed by atoms with Gasteiger partial charge in [-0.3, -0.25) is 24.9 Å². The van der Waals surface area contributed by atoms with Crippen molar-refractivity contribution < 1.29 is 9.72 Å². The van der Waals surface area contributed by atoms with Gasteiger partial charge in [0.1, 0.15) is 5.69 Å². The Hall–Kier alpha value is -4.33. The van der Waals surface area contributed by atoms with Crippen molar-refractivity contribution in [2.24, 2.45) is 0 Å². The van der Waals surface area contributed by atoms with Gasteiger partial charge in [0.25, 0.3) is 5.91 Å². The molecule has 0 unspecified atom stereocenters. The minimum Gasteiger partial charge on any atom is -0.375 e. The number of carbonyl (C=O) groups excluding carboxylic acids is 1. The summed E-state index contributed by atoms with van der Waals surface area (Å²) in [5, 5.41) is 18.0. The van der Waals surface area contributed by atoms with Crippen molar-refractivity contribution in [2.45, 2.75) is 6.54 Å². The molecule has 0 spiro atoms. The number of benzene rings is 2. The average molecular weight is 399 g/mol. The van der Waals surface area contributed by atoms with Gasteiger partial charge in [-0.15, -0.1) is 0 Å². The standard InChI is InChI=1S/C22H17N5O3/c28-22(26-17-9-12-23-13-10-17)16-5-3-15(4-6-16)14-25-20-8-7-19-18(2-1-11-24-19)21(20)27(29)30/h1-13,25H,14H2,(H,23,26,28). The van der Waals surface area contributed by atoms with Crippen LogP contribution in [0.5, 0.6) is 0 Å². The summed E-state index contributed by atoms with van der Waals surface area (Å²) in [6, 6.07) is 17.2. The first-order chi connectivity index (χ1) is 14.6. The third-order valence-electron chi connectivity index (χ3n) is 4.58. The van der Waals surface area contributed by atoms with E-state index in [0.29, 0.717) is 34.4 Å². The zero-order valence-electron chi connectivity index (χ0n) is 15.8. The molecule has 2 aromatic heterocycles. The predicted molar refractivity (Wildman–Crippen MR) is 114 cm³/mol. The number of nitro benzene ring substituents is 1. The summed E-state index contributed by atoms with van der Waals surface area (Å²) >= 11 is 0. The number of carbonyl (C=O) groups is 1. The second kappa shape index (κ2) is 8.36. The number of nitrogens with zero attached hydrogens (tertiary/aromatic N) is 3. The van der Waals surface area contributed by atoms with Crippen LogP contribution >= 0.6 is 0 Å². The molecule has 0 saturated carbocycles. The van der Waals surface area contributed by atoms with E-state index < -0.39 is 4.92 Å². The number of nitro groups is 1. The van der Waals surface area contributed by atoms with Crippen molar-refractivity contribution in [1.82, 2.24) is 9.97 Å². The molecule has 0 aliphatic carbocycles. The first-order valence-corrected chi connectivity index (χ1v) is 9.18. The van der Waals surface area contributed by atoms with Crippen LogP contribution in [0.4, 0.5) is 17.1 Å². The zero-order chi connectivity index (χ0) is 20.9. The number of hydrogen-bond acceptors (Lipinski definition) is 6. The summed E-state index contributed by atoms with van der Waals surface area (Å²) in [5.41, 5.74) is 3.04. The van der Waals surface area contributed by atoms with Crippen LogP contribution in [0.3, 0.4) is 0 Å². The fourth-order valence-corrected chi connectivity index (χ4v) is 3.09. The number of anilines is 2. The molecule has 0 bridgehead atoms. The van der Waals surface area contributed by atoms with Gasteiger partial charge in [0.15, 0.2) is 0 Å². The third-order valence-corrected chi connectivity index (χ3v) is 4.58. The SMILES string of the molecule is O=C(Nc1ccncc1)c1ccc(CNc2ccc3ncccc3c2[N+](=O)[O-])cc1. The van der Waals surface area contributed by atoms with Gasteiger partial charge in [-0.25, -0.2) is 0 Å². The van der Waals surface area contributed by atoms with Crippen LogP contribution in [0.25, 0.3) is 10.9 Å². The maximum absolute atomic E-state index is 12.3. The Morgan fingerprint density at radius 2 is 1.73 bits per heavy atom. The Labute approximate surface area is 171 Å². The number of amides is 1. The molecule has 8 heteroatoms. The molecule has 2 aromatic carbocycles. The summed E-state index contributed by atoms with van der Waals surface area (Å²) in [6.45, 7) is 0.374. The zero-order valence-corrected chi connectivity index (χ0v) is 15.8. The Morgan fingerprint density at radius 3 is 2.47 bits per heavy atom. The molecule has 0 aliphatic heterocycles. The molecule has 0 atom stereocenters. The van der Waals surface area contributed by atoms with E-state index in [4.69, 9.17) is 0 Å². The smallest absolute Gasteiger partial charge is 0.301 e. The van der Waals surface area contributed by atoms with E-state index in [2.05, 4.69) is 20.6 Å². The van der Waals surface area contributed by atoms with Crippen LogP contribution in [-0.4, -0.2) is 20.8 Å². The van der Waals surface area contributed by atoms with Crippen LogP contribution in [-0.2, 0) is 6.54 Å². The lowest BCUT2D eigenvalue weighted by molar-refractivity contribution is -0.382. The normalized spacial score (nSPS) is 10.5. The van der Waals surface area contributed by atoms with Crippen molar-refractivity contribution >= 4 is 33.9 Å². The van der Waals surface area contributed by atoms with Gasteiger partial charge >= 0.3 is 5.69 Å². The van der Waals surface area contributed by atoms with Crippen LogP contribution in [0.2, 0.25) is 0 Å². The lowest BCUT2D eigenvalue weighted by Gasteiger charge is -2.10. The van der Waals surface area contributed by atoms with Crippen LogP contribution in [0.15, 0.2) is 79.3 Å². The van der Waals surface area contributed by atoms with E-state index in [1.165, 1.54) is 0 Å². The fourth-order valence-electron chi connectivity index (χ4n) is 3.09. The number of aromatic nitrogens is 2. The van der Waals surface area contributed by atoms with Crippen LogP contribution in [0.1, 0.15) is 15.9 Å². The minimum absolute atomic E-state index is 0.00560. The molecule has 30 heavy (non-hydrogen) atoms. The van der Waals surface area contributed by atoms with Gasteiger partial charge in [0, 0.05) is 36.4 Å². The summed E-state index contributed by atoms with van der Waals surface area (Å²) < 4.78 is 0. The van der Waals surface area contributed by atoms with Gasteiger partial charge in [0.05, 0.1) is 15.8 Å². The van der Waals surface area contributed by atoms with Gasteiger partial charge in [-0.2, -0.15) is 0 Å². The van der Waals surface area contributed by atoms with Crippen LogP contribution in [0, 0.1) is 10.1 Å². The molecule has 1 amide bonds. The first kappa shape index (κ1) is 19.0. The molecular weight excluding hydrogens is 382 g/mol. The molecule has 8 nitrogen and oxygen atoms in total. The molecule has 0 aliphatic rings. The van der Waals surface area contributed by atoms with E-state index in [0.717, 1.165) is 5.56 Å². The highest BCUT2D eigenvalue weighted by atomic mass is 16.6. The van der Waals surface area contributed by atoms with Gasteiger partial charge in [0.2, 0.25) is 0 Å². The molecule has 0 saturated heterocycles. The molecule has 148 valence electrons. The lowest BCUT2D eigenvalue weighted by atomic mass is 10.1. The number of fused-ring (bicyclic) bond motifs is 1. The summed E-state index contributed by atoms with van der Waals surface area (Å²) in [6.07, 6.45) is 4.81. The maximum atomic E-state index is 12.3. The Bertz CT molecular complexity index is 1210. The summed E-state index contributed by atoms with van der Waals surface area (Å²) in [7, 11) is 0. The van der Waals surface area contributed by atoms with Crippen LogP contribution < -0.4 is 10.6 Å². The van der Waals surface area contributed by atoms with E-state index >= 15 is 0 Å². The van der Waals surface area contributed by atoms with Crippen molar-refractivity contribution in [1.29, 1.82) is 0 Å². The maximum Gasteiger partial charge on any atom is 0.301 e. The summed E-state index contributed by atoms with van der Waals surface area (Å²) in [4.78, 5) is 31.6. The highest BCUT2D eigenvalue weighted by Crippen LogP contribution is 2.32. The van der Waals surface area contributed by atoms with Crippen molar-refractivity contribution in [2.75, 3.05) is 10.6 Å². The van der Waals surface area contributed by atoms with Gasteiger partial charge in [-0.05, 0) is 54.1 Å². The minimum atomic E-state index is -0.404. The highest BCUT2D eigenvalue weighted by molar-refractivity contribution is 6.04. The molecule has 4 rings (SSSR count). The predicted octanol–water partition coefficient (Wildman–Crippen LogP) is 4.40. The largest absolute Gasteiger partial charge is 0.375 e. The van der Waals surface area contributed by atoms with Crippen molar-refractivity contribution in [3.8, 4) is 0 Å². The Morgan fingerprint density at radius 1 is 0.967 bits per heavy atom. The van der Waals surface area contributed by atoms with Gasteiger partial charge in [-0.1, -0.05) is 12.1 Å². The molecular formula is C22H17N5O3. The van der Waals surface area contributed by atoms with E-state index in [1.807, 2.05) is 12.1 Å². The van der Waals surface area contributed by atoms with E-state index in [9.17, 15) is 14.9 Å².